The van der Waals surface area contributed by atoms with E-state index >= 15 is 0 Å². The van der Waals surface area contributed by atoms with Gasteiger partial charge in [0.05, 0.1) is 18.4 Å². The van der Waals surface area contributed by atoms with Gasteiger partial charge in [-0.15, -0.1) is 0 Å². The van der Waals surface area contributed by atoms with E-state index in [9.17, 15) is 22.8 Å². The maximum absolute atomic E-state index is 13.1. The molecular formula is C22H25N3O6S. The Balaban J connectivity index is 1.76. The summed E-state index contributed by atoms with van der Waals surface area (Å²) in [7, 11) is -2.77. The molecule has 1 aliphatic rings. The lowest BCUT2D eigenvalue weighted by Crippen LogP contribution is -2.58. The van der Waals surface area contributed by atoms with E-state index in [0.717, 1.165) is 9.87 Å². The second kappa shape index (κ2) is 10.4. The third-order valence-electron chi connectivity index (χ3n) is 5.11. The molecule has 170 valence electrons. The first kappa shape index (κ1) is 23.4. The van der Waals surface area contributed by atoms with Crippen molar-refractivity contribution in [3.05, 3.63) is 66.2 Å². The van der Waals surface area contributed by atoms with Crippen LogP contribution in [0.4, 0.5) is 0 Å². The van der Waals surface area contributed by atoms with Crippen molar-refractivity contribution in [2.24, 2.45) is 0 Å². The maximum Gasteiger partial charge on any atom is 0.328 e. The summed E-state index contributed by atoms with van der Waals surface area (Å²) in [5.41, 5.74) is 0.812. The van der Waals surface area contributed by atoms with Gasteiger partial charge in [0.2, 0.25) is 21.8 Å². The standard InChI is InChI=1S/C22H25N3O6S/c1-31-22(28)18(14-16-8-4-2-5-9-16)24-20(26)15-19-21(27)23-12-13-25(19)32(29,30)17-10-6-3-7-11-17/h2-11,18-19H,12-15H2,1H3,(H,23,27)(H,24,26)/t18-,19+/m0/s1. The Kier molecular flexibility index (Phi) is 7.60. The van der Waals surface area contributed by atoms with Crippen LogP contribution in [0.5, 0.6) is 0 Å². The van der Waals surface area contributed by atoms with Gasteiger partial charge in [-0.2, -0.15) is 4.31 Å². The predicted octanol–water partition coefficient (Wildman–Crippen LogP) is 0.466. The van der Waals surface area contributed by atoms with Crippen molar-refractivity contribution in [1.82, 2.24) is 14.9 Å². The zero-order chi connectivity index (χ0) is 23.1. The van der Waals surface area contributed by atoms with Crippen molar-refractivity contribution in [3.8, 4) is 0 Å². The molecule has 2 atom stereocenters. The number of piperazine rings is 1. The number of hydrogen-bond acceptors (Lipinski definition) is 6. The van der Waals surface area contributed by atoms with Crippen molar-refractivity contribution >= 4 is 27.8 Å². The zero-order valence-electron chi connectivity index (χ0n) is 17.6. The van der Waals surface area contributed by atoms with Crippen LogP contribution in [0, 0.1) is 0 Å². The fourth-order valence-corrected chi connectivity index (χ4v) is 5.13. The van der Waals surface area contributed by atoms with Gasteiger partial charge in [-0.3, -0.25) is 9.59 Å². The Morgan fingerprint density at radius 1 is 1.12 bits per heavy atom. The second-order valence-electron chi connectivity index (χ2n) is 7.27. The number of benzene rings is 2. The zero-order valence-corrected chi connectivity index (χ0v) is 18.4. The van der Waals surface area contributed by atoms with Gasteiger partial charge in [-0.05, 0) is 17.7 Å². The number of amides is 2. The first-order valence-corrected chi connectivity index (χ1v) is 11.5. The topological polar surface area (TPSA) is 122 Å². The Hall–Kier alpha value is -3.24. The number of carbonyl (C=O) groups is 3. The highest BCUT2D eigenvalue weighted by atomic mass is 32.2. The first-order valence-electron chi connectivity index (χ1n) is 10.1. The molecular weight excluding hydrogens is 434 g/mol. The molecule has 9 nitrogen and oxygen atoms in total. The maximum atomic E-state index is 13.1. The Morgan fingerprint density at radius 2 is 1.75 bits per heavy atom. The Morgan fingerprint density at radius 3 is 2.38 bits per heavy atom. The molecule has 1 heterocycles. The Labute approximate surface area is 186 Å². The third-order valence-corrected chi connectivity index (χ3v) is 7.04. The molecule has 1 fully saturated rings. The van der Waals surface area contributed by atoms with Crippen molar-refractivity contribution in [1.29, 1.82) is 0 Å². The number of ether oxygens (including phenoxy) is 1. The number of methoxy groups -OCH3 is 1. The van der Waals surface area contributed by atoms with Crippen LogP contribution in [0.2, 0.25) is 0 Å². The summed E-state index contributed by atoms with van der Waals surface area (Å²) in [5, 5.41) is 5.18. The van der Waals surface area contributed by atoms with Gasteiger partial charge in [0, 0.05) is 19.5 Å². The molecule has 2 amide bonds. The molecule has 0 aliphatic carbocycles. The molecule has 0 saturated carbocycles. The van der Waals surface area contributed by atoms with Crippen LogP contribution in [0.1, 0.15) is 12.0 Å². The van der Waals surface area contributed by atoms with E-state index in [1.54, 1.807) is 18.2 Å². The molecule has 1 aliphatic heterocycles. The predicted molar refractivity (Wildman–Crippen MR) is 116 cm³/mol. The summed E-state index contributed by atoms with van der Waals surface area (Å²) in [5.74, 6) is -1.83. The first-order chi connectivity index (χ1) is 15.3. The summed E-state index contributed by atoms with van der Waals surface area (Å²) in [6.07, 6.45) is -0.234. The van der Waals surface area contributed by atoms with Gasteiger partial charge in [-0.1, -0.05) is 48.5 Å². The molecule has 2 N–H and O–H groups in total. The van der Waals surface area contributed by atoms with Crippen LogP contribution in [-0.2, 0) is 35.6 Å². The van der Waals surface area contributed by atoms with Gasteiger partial charge in [0.1, 0.15) is 12.1 Å². The SMILES string of the molecule is COC(=O)[C@H](Cc1ccccc1)NC(=O)C[C@@H]1C(=O)NCCN1S(=O)(=O)c1ccccc1. The van der Waals surface area contributed by atoms with Crippen LogP contribution in [0.3, 0.4) is 0 Å². The molecule has 0 unspecified atom stereocenters. The summed E-state index contributed by atoms with van der Waals surface area (Å²) in [4.78, 5) is 37.5. The molecule has 10 heteroatoms. The lowest BCUT2D eigenvalue weighted by Gasteiger charge is -2.33. The van der Waals surface area contributed by atoms with Crippen LogP contribution in [0.25, 0.3) is 0 Å². The molecule has 0 aromatic heterocycles. The number of esters is 1. The lowest BCUT2D eigenvalue weighted by atomic mass is 10.1. The van der Waals surface area contributed by atoms with E-state index in [1.165, 1.54) is 19.2 Å². The van der Waals surface area contributed by atoms with Gasteiger partial charge in [0.25, 0.3) is 0 Å². The highest BCUT2D eigenvalue weighted by molar-refractivity contribution is 7.89. The van der Waals surface area contributed by atoms with E-state index in [-0.39, 0.29) is 24.4 Å². The molecule has 0 spiro atoms. The van der Waals surface area contributed by atoms with E-state index in [1.807, 2.05) is 30.3 Å². The third kappa shape index (κ3) is 5.51. The molecule has 2 aromatic rings. The monoisotopic (exact) mass is 459 g/mol. The second-order valence-corrected chi connectivity index (χ2v) is 9.16. The van der Waals surface area contributed by atoms with E-state index < -0.39 is 46.3 Å². The summed E-state index contributed by atoms with van der Waals surface area (Å²) >= 11 is 0. The van der Waals surface area contributed by atoms with E-state index in [0.29, 0.717) is 0 Å². The van der Waals surface area contributed by atoms with Crippen molar-refractivity contribution in [2.45, 2.75) is 29.8 Å². The number of carbonyl (C=O) groups excluding carboxylic acids is 3. The van der Waals surface area contributed by atoms with E-state index in [4.69, 9.17) is 4.74 Å². The minimum absolute atomic E-state index is 0.0331. The Bertz CT molecular complexity index is 1060. The summed E-state index contributed by atoms with van der Waals surface area (Å²) in [6, 6.07) is 14.6. The fraction of sp³-hybridized carbons (Fsp3) is 0.318. The average molecular weight is 460 g/mol. The number of nitrogens with one attached hydrogen (secondary N) is 2. The van der Waals surface area contributed by atoms with Crippen LogP contribution in [-0.4, -0.2) is 62.8 Å². The average Bonchev–Trinajstić information content (AvgIpc) is 2.80. The smallest absolute Gasteiger partial charge is 0.328 e. The van der Waals surface area contributed by atoms with Crippen LogP contribution >= 0.6 is 0 Å². The van der Waals surface area contributed by atoms with Crippen LogP contribution < -0.4 is 10.6 Å². The molecule has 2 aromatic carbocycles. The van der Waals surface area contributed by atoms with Crippen molar-refractivity contribution in [2.75, 3.05) is 20.2 Å². The van der Waals surface area contributed by atoms with Gasteiger partial charge < -0.3 is 15.4 Å². The van der Waals surface area contributed by atoms with Gasteiger partial charge in [-0.25, -0.2) is 13.2 Å². The normalized spacial score (nSPS) is 17.8. The molecule has 32 heavy (non-hydrogen) atoms. The quantitative estimate of drug-likeness (QED) is 0.554. The molecule has 0 bridgehead atoms. The van der Waals surface area contributed by atoms with Crippen LogP contribution in [0.15, 0.2) is 65.6 Å². The minimum Gasteiger partial charge on any atom is -0.467 e. The van der Waals surface area contributed by atoms with E-state index in [2.05, 4.69) is 10.6 Å². The van der Waals surface area contributed by atoms with Gasteiger partial charge in [0.15, 0.2) is 0 Å². The lowest BCUT2D eigenvalue weighted by molar-refractivity contribution is -0.145. The highest BCUT2D eigenvalue weighted by Gasteiger charge is 2.40. The minimum atomic E-state index is -3.99. The molecule has 0 radical (unpaired) electrons. The molecule has 1 saturated heterocycles. The fourth-order valence-electron chi connectivity index (χ4n) is 3.52. The van der Waals surface area contributed by atoms with Crippen molar-refractivity contribution in [3.63, 3.8) is 0 Å². The highest BCUT2D eigenvalue weighted by Crippen LogP contribution is 2.21. The number of nitrogens with zero attached hydrogens (tertiary/aromatic N) is 1. The number of hydrogen-bond donors (Lipinski definition) is 2. The largest absolute Gasteiger partial charge is 0.467 e. The number of sulfonamides is 1. The van der Waals surface area contributed by atoms with Crippen molar-refractivity contribution < 1.29 is 27.5 Å². The summed E-state index contributed by atoms with van der Waals surface area (Å²) < 4.78 is 32.0. The van der Waals surface area contributed by atoms with Gasteiger partial charge >= 0.3 is 5.97 Å². The molecule has 3 rings (SSSR count). The summed E-state index contributed by atoms with van der Waals surface area (Å²) in [6.45, 7) is 0.174. The number of rotatable bonds is 8.